The van der Waals surface area contributed by atoms with Crippen LogP contribution in [0.15, 0.2) is 24.3 Å². The summed E-state index contributed by atoms with van der Waals surface area (Å²) < 4.78 is 0. The van der Waals surface area contributed by atoms with Gasteiger partial charge in [-0.05, 0) is 37.5 Å². The molecule has 0 saturated heterocycles. The van der Waals surface area contributed by atoms with E-state index in [0.29, 0.717) is 17.7 Å². The van der Waals surface area contributed by atoms with Gasteiger partial charge in [-0.3, -0.25) is 4.79 Å². The molecule has 0 aromatic heterocycles. The predicted molar refractivity (Wildman–Crippen MR) is 91.5 cm³/mol. The quantitative estimate of drug-likeness (QED) is 0.774. The van der Waals surface area contributed by atoms with Crippen molar-refractivity contribution in [3.05, 3.63) is 35.4 Å². The van der Waals surface area contributed by atoms with E-state index in [0.717, 1.165) is 32.1 Å². The third-order valence-corrected chi connectivity index (χ3v) is 4.19. The Kier molecular flexibility index (Phi) is 6.62. The minimum Gasteiger partial charge on any atom is -0.347 e. The van der Waals surface area contributed by atoms with Crippen LogP contribution in [0.2, 0.25) is 0 Å². The summed E-state index contributed by atoms with van der Waals surface area (Å²) in [7, 11) is 0. The molecule has 0 heterocycles. The van der Waals surface area contributed by atoms with Crippen LogP contribution >= 0.6 is 0 Å². The molecule has 6 heteroatoms. The zero-order chi connectivity index (χ0) is 17.4. The van der Waals surface area contributed by atoms with Crippen molar-refractivity contribution in [1.82, 2.24) is 16.0 Å². The number of carbonyl (C=O) groups is 2. The molecule has 3 amide bonds. The maximum atomic E-state index is 12.4. The topological polar surface area (TPSA) is 94.0 Å². The fraction of sp³-hybridized carbons (Fsp3) is 0.500. The summed E-state index contributed by atoms with van der Waals surface area (Å²) in [6.07, 6.45) is 4.63. The average molecular weight is 328 g/mol. The maximum Gasteiger partial charge on any atom is 0.315 e. The lowest BCUT2D eigenvalue weighted by molar-refractivity contribution is 0.0916. The Morgan fingerprint density at radius 3 is 2.58 bits per heavy atom. The van der Waals surface area contributed by atoms with E-state index in [1.807, 2.05) is 13.0 Å². The lowest BCUT2D eigenvalue weighted by Gasteiger charge is -2.32. The second-order valence-corrected chi connectivity index (χ2v) is 6.06. The van der Waals surface area contributed by atoms with Gasteiger partial charge < -0.3 is 16.0 Å². The van der Waals surface area contributed by atoms with Crippen LogP contribution in [0.5, 0.6) is 0 Å². The molecule has 2 unspecified atom stereocenters. The fourth-order valence-electron chi connectivity index (χ4n) is 2.92. The van der Waals surface area contributed by atoms with Gasteiger partial charge in [0.2, 0.25) is 0 Å². The van der Waals surface area contributed by atoms with Crippen LogP contribution in [0.1, 0.15) is 54.9 Å². The van der Waals surface area contributed by atoms with E-state index in [9.17, 15) is 9.59 Å². The van der Waals surface area contributed by atoms with Gasteiger partial charge in [0.25, 0.3) is 5.91 Å². The first-order valence-electron chi connectivity index (χ1n) is 8.49. The van der Waals surface area contributed by atoms with Crippen molar-refractivity contribution >= 4 is 11.9 Å². The minimum absolute atomic E-state index is 0.0706. The summed E-state index contributed by atoms with van der Waals surface area (Å²) in [5.41, 5.74) is 0.925. The zero-order valence-corrected chi connectivity index (χ0v) is 14.0. The predicted octanol–water partition coefficient (Wildman–Crippen LogP) is 2.31. The van der Waals surface area contributed by atoms with Crippen LogP contribution in [0.25, 0.3) is 0 Å². The van der Waals surface area contributed by atoms with E-state index >= 15 is 0 Å². The summed E-state index contributed by atoms with van der Waals surface area (Å²) in [4.78, 5) is 24.3. The van der Waals surface area contributed by atoms with Gasteiger partial charge >= 0.3 is 6.03 Å². The maximum absolute atomic E-state index is 12.4. The highest BCUT2D eigenvalue weighted by atomic mass is 16.2. The molecule has 6 nitrogen and oxygen atoms in total. The number of hydrogen-bond acceptors (Lipinski definition) is 3. The Morgan fingerprint density at radius 1 is 1.21 bits per heavy atom. The lowest BCUT2D eigenvalue weighted by atomic mass is 9.90. The molecule has 128 valence electrons. The molecule has 2 atom stereocenters. The first-order chi connectivity index (χ1) is 11.6. The molecule has 0 radical (unpaired) electrons. The van der Waals surface area contributed by atoms with Gasteiger partial charge in [-0.2, -0.15) is 5.26 Å². The molecule has 0 aliphatic heterocycles. The second kappa shape index (κ2) is 8.92. The summed E-state index contributed by atoms with van der Waals surface area (Å²) in [6, 6.07) is 8.32. The smallest absolute Gasteiger partial charge is 0.315 e. The summed E-state index contributed by atoms with van der Waals surface area (Å²) >= 11 is 0. The minimum atomic E-state index is -0.209. The largest absolute Gasteiger partial charge is 0.347 e. The van der Waals surface area contributed by atoms with Crippen molar-refractivity contribution in [2.24, 2.45) is 0 Å². The first kappa shape index (κ1) is 17.8. The molecule has 1 fully saturated rings. The number of nitriles is 1. The van der Waals surface area contributed by atoms with Gasteiger partial charge in [-0.15, -0.1) is 0 Å². The van der Waals surface area contributed by atoms with Gasteiger partial charge in [-0.1, -0.05) is 25.8 Å². The molecule has 1 aromatic rings. The van der Waals surface area contributed by atoms with Crippen LogP contribution in [-0.4, -0.2) is 30.6 Å². The van der Waals surface area contributed by atoms with Gasteiger partial charge in [0.1, 0.15) is 0 Å². The van der Waals surface area contributed by atoms with Gasteiger partial charge in [0.05, 0.1) is 17.7 Å². The van der Waals surface area contributed by atoms with Gasteiger partial charge in [0, 0.05) is 18.2 Å². The number of urea groups is 1. The van der Waals surface area contributed by atoms with Crippen molar-refractivity contribution in [3.63, 3.8) is 0 Å². The number of rotatable bonds is 5. The highest BCUT2D eigenvalue weighted by Crippen LogP contribution is 2.19. The van der Waals surface area contributed by atoms with Crippen molar-refractivity contribution in [3.8, 4) is 6.07 Å². The normalized spacial score (nSPS) is 19.8. The van der Waals surface area contributed by atoms with Crippen molar-refractivity contribution < 1.29 is 9.59 Å². The lowest BCUT2D eigenvalue weighted by Crippen LogP contribution is -2.55. The molecule has 1 aliphatic carbocycles. The highest BCUT2D eigenvalue weighted by Gasteiger charge is 2.28. The van der Waals surface area contributed by atoms with E-state index in [4.69, 9.17) is 5.26 Å². The van der Waals surface area contributed by atoms with Crippen molar-refractivity contribution in [2.45, 2.75) is 51.1 Å². The Hall–Kier alpha value is -2.55. The molecule has 0 spiro atoms. The Morgan fingerprint density at radius 2 is 1.92 bits per heavy atom. The number of carbonyl (C=O) groups excluding carboxylic acids is 2. The van der Waals surface area contributed by atoms with E-state index in [-0.39, 0.29) is 24.0 Å². The average Bonchev–Trinajstić information content (AvgIpc) is 2.61. The molecule has 1 aromatic carbocycles. The highest BCUT2D eigenvalue weighted by molar-refractivity contribution is 5.94. The summed E-state index contributed by atoms with van der Waals surface area (Å²) in [6.45, 7) is 2.63. The van der Waals surface area contributed by atoms with Crippen LogP contribution < -0.4 is 16.0 Å². The molecule has 3 N–H and O–H groups in total. The van der Waals surface area contributed by atoms with E-state index in [1.165, 1.54) is 0 Å². The van der Waals surface area contributed by atoms with Crippen molar-refractivity contribution in [1.29, 1.82) is 5.26 Å². The van der Waals surface area contributed by atoms with E-state index in [2.05, 4.69) is 16.0 Å². The second-order valence-electron chi connectivity index (χ2n) is 6.06. The fourth-order valence-corrected chi connectivity index (χ4v) is 2.92. The van der Waals surface area contributed by atoms with E-state index < -0.39 is 0 Å². The SMILES string of the molecule is CCCNC(=O)NC1CCCCC1NC(=O)c1cccc(C#N)c1. The van der Waals surface area contributed by atoms with Crippen LogP contribution in [0, 0.1) is 11.3 Å². The Balaban J connectivity index is 1.98. The zero-order valence-electron chi connectivity index (χ0n) is 14.0. The number of amides is 3. The standard InChI is InChI=1S/C18H24N4O2/c1-2-10-20-18(24)22-16-9-4-3-8-15(16)21-17(23)14-7-5-6-13(11-14)12-19/h5-7,11,15-16H,2-4,8-10H2,1H3,(H,21,23)(H2,20,22,24). The Bertz CT molecular complexity index is 624. The van der Waals surface area contributed by atoms with Crippen LogP contribution in [0.3, 0.4) is 0 Å². The molecule has 2 rings (SSSR count). The van der Waals surface area contributed by atoms with Crippen LogP contribution in [0.4, 0.5) is 4.79 Å². The number of nitrogens with zero attached hydrogens (tertiary/aromatic N) is 1. The van der Waals surface area contributed by atoms with E-state index in [1.54, 1.807) is 24.3 Å². The molecule has 1 saturated carbocycles. The molecular weight excluding hydrogens is 304 g/mol. The summed E-state index contributed by atoms with van der Waals surface area (Å²) in [5.74, 6) is -0.209. The number of benzene rings is 1. The van der Waals surface area contributed by atoms with Gasteiger partial charge in [0.15, 0.2) is 0 Å². The third-order valence-electron chi connectivity index (χ3n) is 4.19. The monoisotopic (exact) mass is 328 g/mol. The molecular formula is C18H24N4O2. The third kappa shape index (κ3) is 4.98. The van der Waals surface area contributed by atoms with Gasteiger partial charge in [-0.25, -0.2) is 4.79 Å². The van der Waals surface area contributed by atoms with Crippen molar-refractivity contribution in [2.75, 3.05) is 6.54 Å². The summed E-state index contributed by atoms with van der Waals surface area (Å²) in [5, 5.41) is 17.7. The molecule has 24 heavy (non-hydrogen) atoms. The number of nitrogens with one attached hydrogen (secondary N) is 3. The number of hydrogen-bond donors (Lipinski definition) is 3. The Labute approximate surface area is 142 Å². The van der Waals surface area contributed by atoms with Crippen LogP contribution in [-0.2, 0) is 0 Å². The molecule has 0 bridgehead atoms. The first-order valence-corrected chi connectivity index (χ1v) is 8.49. The molecule has 1 aliphatic rings.